The van der Waals surface area contributed by atoms with Crippen LogP contribution >= 0.6 is 0 Å². The first-order valence-electron chi connectivity index (χ1n) is 5.88. The Morgan fingerprint density at radius 2 is 1.85 bits per heavy atom. The summed E-state index contributed by atoms with van der Waals surface area (Å²) in [6.45, 7) is 0. The fourth-order valence-corrected chi connectivity index (χ4v) is 2.91. The number of halogens is 1. The van der Waals surface area contributed by atoms with Gasteiger partial charge in [-0.25, -0.2) is 8.60 Å². The molecule has 1 unspecified atom stereocenters. The summed E-state index contributed by atoms with van der Waals surface area (Å²) in [5.74, 6) is -0.384. The first-order valence-corrected chi connectivity index (χ1v) is 7.80. The summed E-state index contributed by atoms with van der Waals surface area (Å²) in [5, 5.41) is 0. The van der Waals surface area contributed by atoms with Crippen molar-refractivity contribution in [1.82, 2.24) is 4.98 Å². The molecule has 0 N–H and O–H groups in total. The Labute approximate surface area is 115 Å². The molecule has 3 rings (SSSR count). The van der Waals surface area contributed by atoms with E-state index in [2.05, 4.69) is 9.35 Å². The van der Waals surface area contributed by atoms with Crippen LogP contribution in [0.2, 0.25) is 0 Å². The van der Waals surface area contributed by atoms with E-state index in [4.69, 9.17) is 4.42 Å². The van der Waals surface area contributed by atoms with Crippen LogP contribution in [-0.4, -0.2) is 15.4 Å². The van der Waals surface area contributed by atoms with Crippen molar-refractivity contribution in [2.45, 2.75) is 4.90 Å². The maximum atomic E-state index is 12.9. The van der Waals surface area contributed by atoms with Gasteiger partial charge in [-0.2, -0.15) is 4.98 Å². The second kappa shape index (κ2) is 4.72. The molecular weight excluding hydrogens is 279 g/mol. The standard InChI is InChI=1S/C14H11FN2O2S/c1-20(18,11-8-6-10(15)7-9-11)17-14-16-12-4-2-3-5-13(12)19-14/h2-9H,1H3. The summed E-state index contributed by atoms with van der Waals surface area (Å²) in [7, 11) is -2.73. The van der Waals surface area contributed by atoms with Crippen molar-refractivity contribution in [2.75, 3.05) is 6.26 Å². The Hall–Kier alpha value is -2.21. The predicted molar refractivity (Wildman–Crippen MR) is 74.8 cm³/mol. The van der Waals surface area contributed by atoms with Crippen molar-refractivity contribution in [3.8, 4) is 0 Å². The van der Waals surface area contributed by atoms with E-state index < -0.39 is 9.73 Å². The van der Waals surface area contributed by atoms with Crippen LogP contribution in [0.25, 0.3) is 11.1 Å². The molecule has 0 fully saturated rings. The van der Waals surface area contributed by atoms with E-state index in [0.717, 1.165) is 0 Å². The predicted octanol–water partition coefficient (Wildman–Crippen LogP) is 3.76. The van der Waals surface area contributed by atoms with E-state index >= 15 is 0 Å². The van der Waals surface area contributed by atoms with Crippen molar-refractivity contribution < 1.29 is 13.0 Å². The van der Waals surface area contributed by atoms with Gasteiger partial charge in [-0.1, -0.05) is 12.1 Å². The molecule has 0 saturated carbocycles. The van der Waals surface area contributed by atoms with Gasteiger partial charge in [0, 0.05) is 11.2 Å². The zero-order valence-corrected chi connectivity index (χ0v) is 11.4. The topological polar surface area (TPSA) is 55.5 Å². The maximum absolute atomic E-state index is 12.9. The molecule has 0 aliphatic heterocycles. The minimum Gasteiger partial charge on any atom is -0.422 e. The summed E-state index contributed by atoms with van der Waals surface area (Å²) in [6, 6.07) is 12.7. The molecule has 0 aliphatic rings. The molecule has 2 aromatic carbocycles. The van der Waals surface area contributed by atoms with Crippen molar-refractivity contribution >= 4 is 26.8 Å². The summed E-state index contributed by atoms with van der Waals surface area (Å²) < 4.78 is 34.9. The highest BCUT2D eigenvalue weighted by Gasteiger charge is 2.10. The van der Waals surface area contributed by atoms with Crippen LogP contribution in [0.5, 0.6) is 0 Å². The average Bonchev–Trinajstić information content (AvgIpc) is 2.80. The molecule has 4 nitrogen and oxygen atoms in total. The van der Waals surface area contributed by atoms with Gasteiger partial charge in [0.05, 0.1) is 9.73 Å². The minimum absolute atomic E-state index is 0.0584. The van der Waals surface area contributed by atoms with E-state index in [1.165, 1.54) is 30.5 Å². The SMILES string of the molecule is CS(=O)(=Nc1nc2ccccc2o1)c1ccc(F)cc1. The number of benzene rings is 2. The van der Waals surface area contributed by atoms with E-state index in [1.54, 1.807) is 12.1 Å². The van der Waals surface area contributed by atoms with Gasteiger partial charge >= 0.3 is 6.01 Å². The normalized spacial score (nSPS) is 14.1. The molecule has 20 heavy (non-hydrogen) atoms. The molecule has 0 amide bonds. The lowest BCUT2D eigenvalue weighted by atomic mass is 10.3. The monoisotopic (exact) mass is 290 g/mol. The highest BCUT2D eigenvalue weighted by atomic mass is 32.2. The minimum atomic E-state index is -2.73. The Kier molecular flexibility index (Phi) is 3.02. The van der Waals surface area contributed by atoms with Gasteiger partial charge in [-0.3, -0.25) is 0 Å². The second-order valence-corrected chi connectivity index (χ2v) is 6.57. The molecule has 0 aliphatic carbocycles. The lowest BCUT2D eigenvalue weighted by Crippen LogP contribution is -1.96. The first-order chi connectivity index (χ1) is 9.54. The van der Waals surface area contributed by atoms with Gasteiger partial charge < -0.3 is 4.42 Å². The Bertz CT molecular complexity index is 845. The summed E-state index contributed by atoms with van der Waals surface area (Å²) in [5.41, 5.74) is 1.24. The van der Waals surface area contributed by atoms with E-state index in [-0.39, 0.29) is 11.8 Å². The lowest BCUT2D eigenvalue weighted by Gasteiger charge is -2.02. The molecule has 1 atom stereocenters. The largest absolute Gasteiger partial charge is 0.422 e. The Morgan fingerprint density at radius 3 is 2.55 bits per heavy atom. The van der Waals surface area contributed by atoms with Gasteiger partial charge in [-0.15, -0.1) is 4.36 Å². The third kappa shape index (κ3) is 2.42. The molecule has 0 radical (unpaired) electrons. The Morgan fingerprint density at radius 1 is 1.15 bits per heavy atom. The highest BCUT2D eigenvalue weighted by molar-refractivity contribution is 7.93. The molecule has 0 bridgehead atoms. The average molecular weight is 290 g/mol. The van der Waals surface area contributed by atoms with Crippen molar-refractivity contribution in [2.24, 2.45) is 4.36 Å². The molecule has 3 aromatic rings. The first kappa shape index (κ1) is 12.8. The van der Waals surface area contributed by atoms with Crippen LogP contribution in [0.4, 0.5) is 10.4 Å². The summed E-state index contributed by atoms with van der Waals surface area (Å²) >= 11 is 0. The quantitative estimate of drug-likeness (QED) is 0.722. The fourth-order valence-electron chi connectivity index (χ4n) is 1.79. The number of hydrogen-bond donors (Lipinski definition) is 0. The number of rotatable bonds is 2. The van der Waals surface area contributed by atoms with Gasteiger partial charge in [0.15, 0.2) is 5.58 Å². The van der Waals surface area contributed by atoms with E-state index in [0.29, 0.717) is 16.0 Å². The van der Waals surface area contributed by atoms with Gasteiger partial charge in [-0.05, 0) is 36.4 Å². The van der Waals surface area contributed by atoms with Crippen LogP contribution in [0.15, 0.2) is 62.2 Å². The third-order valence-electron chi connectivity index (χ3n) is 2.79. The van der Waals surface area contributed by atoms with Crippen LogP contribution in [0.1, 0.15) is 0 Å². The highest BCUT2D eigenvalue weighted by Crippen LogP contribution is 2.23. The van der Waals surface area contributed by atoms with Gasteiger partial charge in [0.2, 0.25) is 0 Å². The van der Waals surface area contributed by atoms with Crippen LogP contribution in [0, 0.1) is 5.82 Å². The second-order valence-electron chi connectivity index (χ2n) is 4.31. The third-order valence-corrected chi connectivity index (χ3v) is 4.44. The van der Waals surface area contributed by atoms with E-state index in [1.807, 2.05) is 12.1 Å². The number of nitrogens with zero attached hydrogens (tertiary/aromatic N) is 2. The summed E-state index contributed by atoms with van der Waals surface area (Å²) in [4.78, 5) is 4.59. The zero-order chi connectivity index (χ0) is 14.2. The number of aromatic nitrogens is 1. The molecule has 6 heteroatoms. The Balaban J connectivity index is 2.09. The van der Waals surface area contributed by atoms with Crippen LogP contribution < -0.4 is 0 Å². The molecule has 1 heterocycles. The molecule has 0 saturated heterocycles. The van der Waals surface area contributed by atoms with Crippen molar-refractivity contribution in [3.63, 3.8) is 0 Å². The van der Waals surface area contributed by atoms with Gasteiger partial charge in [0.25, 0.3) is 0 Å². The van der Waals surface area contributed by atoms with E-state index in [9.17, 15) is 8.60 Å². The number of oxazole rings is 1. The van der Waals surface area contributed by atoms with Gasteiger partial charge in [0.1, 0.15) is 11.3 Å². The lowest BCUT2D eigenvalue weighted by molar-refractivity contribution is 0.612. The maximum Gasteiger partial charge on any atom is 0.331 e. The number of para-hydroxylation sites is 2. The summed E-state index contributed by atoms with van der Waals surface area (Å²) in [6.07, 6.45) is 1.47. The molecular formula is C14H11FN2O2S. The van der Waals surface area contributed by atoms with Crippen molar-refractivity contribution in [1.29, 1.82) is 0 Å². The molecule has 1 aromatic heterocycles. The number of fused-ring (bicyclic) bond motifs is 1. The molecule has 102 valence electrons. The van der Waals surface area contributed by atoms with Crippen LogP contribution in [0.3, 0.4) is 0 Å². The number of hydrogen-bond acceptors (Lipinski definition) is 4. The van der Waals surface area contributed by atoms with Crippen molar-refractivity contribution in [3.05, 3.63) is 54.3 Å². The molecule has 0 spiro atoms. The zero-order valence-electron chi connectivity index (χ0n) is 10.6. The van der Waals surface area contributed by atoms with Crippen LogP contribution in [-0.2, 0) is 9.73 Å². The smallest absolute Gasteiger partial charge is 0.331 e. The fraction of sp³-hybridized carbons (Fsp3) is 0.0714.